The van der Waals surface area contributed by atoms with Crippen LogP contribution in [0.4, 0.5) is 5.95 Å². The van der Waals surface area contributed by atoms with Crippen molar-refractivity contribution in [2.24, 2.45) is 11.1 Å². The van der Waals surface area contributed by atoms with Gasteiger partial charge in [-0.3, -0.25) is 0 Å². The number of piperidine rings is 1. The van der Waals surface area contributed by atoms with Gasteiger partial charge in [0, 0.05) is 35.7 Å². The first-order chi connectivity index (χ1) is 15.3. The molecule has 4 heterocycles. The van der Waals surface area contributed by atoms with E-state index in [0.717, 1.165) is 42.8 Å². The molecule has 0 unspecified atom stereocenters. The number of aliphatic hydroxyl groups excluding tert-OH is 1. The van der Waals surface area contributed by atoms with Crippen molar-refractivity contribution >= 4 is 34.8 Å². The number of aryl methyl sites for hydroxylation is 1. The Kier molecular flexibility index (Phi) is 5.54. The Labute approximate surface area is 196 Å². The van der Waals surface area contributed by atoms with Crippen molar-refractivity contribution in [2.75, 3.05) is 24.6 Å². The molecule has 170 valence electrons. The fraction of sp³-hybridized carbons (Fsp3) is 0.500. The second kappa shape index (κ2) is 8.11. The number of hydrogen-bond donors (Lipinski definition) is 2. The molecule has 2 aromatic heterocycles. The van der Waals surface area contributed by atoms with E-state index in [0.29, 0.717) is 34.1 Å². The minimum atomic E-state index is -0.268. The van der Waals surface area contributed by atoms with E-state index in [1.54, 1.807) is 10.6 Å². The van der Waals surface area contributed by atoms with Crippen LogP contribution in [0.25, 0.3) is 16.8 Å². The van der Waals surface area contributed by atoms with Gasteiger partial charge in [0.15, 0.2) is 11.5 Å². The molecule has 3 N–H and O–H groups in total. The summed E-state index contributed by atoms with van der Waals surface area (Å²) in [5.74, 6) is 1.02. The van der Waals surface area contributed by atoms with Gasteiger partial charge >= 0.3 is 0 Å². The highest BCUT2D eigenvalue weighted by molar-refractivity contribution is 6.43. The number of anilines is 1. The highest BCUT2D eigenvalue weighted by Gasteiger charge is 2.48. The van der Waals surface area contributed by atoms with Gasteiger partial charge in [0.05, 0.1) is 28.5 Å². The molecule has 0 saturated carbocycles. The molecule has 2 fully saturated rings. The smallest absolute Gasteiger partial charge is 0.228 e. The monoisotopic (exact) mass is 476 g/mol. The average molecular weight is 477 g/mol. The lowest BCUT2D eigenvalue weighted by Gasteiger charge is -2.41. The van der Waals surface area contributed by atoms with Crippen molar-refractivity contribution in [2.45, 2.75) is 45.4 Å². The molecular formula is C22H26Cl2N6O2. The van der Waals surface area contributed by atoms with Crippen molar-refractivity contribution in [3.05, 3.63) is 39.8 Å². The lowest BCUT2D eigenvalue weighted by atomic mass is 9.73. The fourth-order valence-electron chi connectivity index (χ4n) is 4.98. The topological polar surface area (TPSA) is 102 Å². The van der Waals surface area contributed by atoms with Gasteiger partial charge in [-0.25, -0.2) is 9.97 Å². The van der Waals surface area contributed by atoms with E-state index < -0.39 is 0 Å². The van der Waals surface area contributed by atoms with Crippen LogP contribution in [0.3, 0.4) is 0 Å². The number of nitrogens with two attached hydrogens (primary N) is 1. The molecule has 0 bridgehead atoms. The van der Waals surface area contributed by atoms with Gasteiger partial charge in [0.2, 0.25) is 5.95 Å². The quantitative estimate of drug-likeness (QED) is 0.597. The van der Waals surface area contributed by atoms with Gasteiger partial charge in [0.1, 0.15) is 6.61 Å². The van der Waals surface area contributed by atoms with Crippen molar-refractivity contribution in [3.8, 4) is 11.1 Å². The Hall–Kier alpha value is -1.97. The number of halogens is 2. The van der Waals surface area contributed by atoms with Gasteiger partial charge in [0.25, 0.3) is 0 Å². The molecule has 3 aromatic rings. The van der Waals surface area contributed by atoms with Gasteiger partial charge in [-0.2, -0.15) is 4.52 Å². The first-order valence-corrected chi connectivity index (χ1v) is 11.5. The van der Waals surface area contributed by atoms with E-state index in [9.17, 15) is 5.11 Å². The fourth-order valence-corrected chi connectivity index (χ4v) is 5.37. The van der Waals surface area contributed by atoms with E-state index >= 15 is 0 Å². The number of benzene rings is 1. The summed E-state index contributed by atoms with van der Waals surface area (Å²) in [6.45, 7) is 5.99. The minimum Gasteiger partial charge on any atom is -0.388 e. The van der Waals surface area contributed by atoms with Crippen LogP contribution >= 0.6 is 23.2 Å². The molecule has 10 heteroatoms. The Morgan fingerprint density at radius 1 is 1.25 bits per heavy atom. The Balaban J connectivity index is 1.57. The minimum absolute atomic E-state index is 0.0109. The molecule has 2 aliphatic heterocycles. The third-order valence-corrected chi connectivity index (χ3v) is 7.76. The van der Waals surface area contributed by atoms with Crippen LogP contribution < -0.4 is 10.6 Å². The van der Waals surface area contributed by atoms with Crippen LogP contribution in [0.5, 0.6) is 0 Å². The van der Waals surface area contributed by atoms with Crippen LogP contribution in [-0.4, -0.2) is 56.5 Å². The number of aromatic nitrogens is 4. The molecule has 0 aliphatic carbocycles. The van der Waals surface area contributed by atoms with E-state index in [4.69, 9.17) is 38.7 Å². The molecule has 0 radical (unpaired) electrons. The molecule has 2 aliphatic rings. The van der Waals surface area contributed by atoms with Crippen LogP contribution in [0.15, 0.2) is 18.2 Å². The molecule has 2 atom stereocenters. The zero-order chi connectivity index (χ0) is 22.6. The van der Waals surface area contributed by atoms with E-state index in [1.165, 1.54) is 0 Å². The standard InChI is InChI=1S/C22H26Cl2N6O2/c1-12-17(14-4-3-5-15(23)18(14)24)20-27-16(10-31)28-30(20)21(26-12)29-8-6-22(7-9-29)11-32-13(2)19(22)25/h3-5,13,19,31H,6-11,25H2,1-2H3/t13-,19+/m0/s1. The second-order valence-corrected chi connectivity index (χ2v) is 9.57. The first-order valence-electron chi connectivity index (χ1n) is 10.8. The normalized spacial score (nSPS) is 22.9. The summed E-state index contributed by atoms with van der Waals surface area (Å²) in [7, 11) is 0. The maximum atomic E-state index is 9.72. The number of hydrogen-bond acceptors (Lipinski definition) is 7. The van der Waals surface area contributed by atoms with Crippen molar-refractivity contribution in [1.29, 1.82) is 0 Å². The van der Waals surface area contributed by atoms with Crippen LogP contribution in [0.1, 0.15) is 31.3 Å². The van der Waals surface area contributed by atoms with Crippen LogP contribution in [0, 0.1) is 12.3 Å². The average Bonchev–Trinajstić information content (AvgIpc) is 3.34. The maximum absolute atomic E-state index is 9.72. The first kappa shape index (κ1) is 21.9. The molecule has 1 spiro atoms. The molecule has 8 nitrogen and oxygen atoms in total. The number of ether oxygens (including phenoxy) is 1. The summed E-state index contributed by atoms with van der Waals surface area (Å²) in [6.07, 6.45) is 1.92. The number of nitrogens with zero attached hydrogens (tertiary/aromatic N) is 5. The number of rotatable bonds is 3. The SMILES string of the molecule is Cc1nc(N2CCC3(CC2)CO[C@@H](C)[C@H]3N)n2nc(CO)nc2c1-c1cccc(Cl)c1Cl. The third-order valence-electron chi connectivity index (χ3n) is 6.94. The predicted molar refractivity (Wildman–Crippen MR) is 124 cm³/mol. The van der Waals surface area contributed by atoms with Crippen molar-refractivity contribution < 1.29 is 9.84 Å². The summed E-state index contributed by atoms with van der Waals surface area (Å²) in [5, 5.41) is 15.1. The van der Waals surface area contributed by atoms with Gasteiger partial charge in [-0.1, -0.05) is 35.3 Å². The summed E-state index contributed by atoms with van der Waals surface area (Å²) in [6, 6.07) is 5.51. The third kappa shape index (κ3) is 3.36. The number of fused-ring (bicyclic) bond motifs is 1. The Morgan fingerprint density at radius 3 is 2.66 bits per heavy atom. The summed E-state index contributed by atoms with van der Waals surface area (Å²) in [4.78, 5) is 11.7. The lowest BCUT2D eigenvalue weighted by molar-refractivity contribution is 0.0973. The van der Waals surface area contributed by atoms with Crippen LogP contribution in [0.2, 0.25) is 10.0 Å². The Morgan fingerprint density at radius 2 is 2.00 bits per heavy atom. The van der Waals surface area contributed by atoms with E-state index in [1.807, 2.05) is 26.0 Å². The zero-order valence-corrected chi connectivity index (χ0v) is 19.6. The molecule has 0 amide bonds. The maximum Gasteiger partial charge on any atom is 0.228 e. The van der Waals surface area contributed by atoms with E-state index in [2.05, 4.69) is 15.0 Å². The van der Waals surface area contributed by atoms with Crippen molar-refractivity contribution in [3.63, 3.8) is 0 Å². The summed E-state index contributed by atoms with van der Waals surface area (Å²) < 4.78 is 7.56. The largest absolute Gasteiger partial charge is 0.388 e. The molecular weight excluding hydrogens is 451 g/mol. The van der Waals surface area contributed by atoms with Crippen LogP contribution in [-0.2, 0) is 11.3 Å². The van der Waals surface area contributed by atoms with Gasteiger partial charge in [-0.05, 0) is 32.8 Å². The second-order valence-electron chi connectivity index (χ2n) is 8.79. The zero-order valence-electron chi connectivity index (χ0n) is 18.1. The Bertz CT molecular complexity index is 1170. The lowest BCUT2D eigenvalue weighted by Crippen LogP contribution is -2.51. The number of aliphatic hydroxyl groups is 1. The van der Waals surface area contributed by atoms with Gasteiger partial charge < -0.3 is 20.5 Å². The highest BCUT2D eigenvalue weighted by Crippen LogP contribution is 2.42. The van der Waals surface area contributed by atoms with E-state index in [-0.39, 0.29) is 24.2 Å². The highest BCUT2D eigenvalue weighted by atomic mass is 35.5. The predicted octanol–water partition coefficient (Wildman–Crippen LogP) is 3.23. The summed E-state index contributed by atoms with van der Waals surface area (Å²) >= 11 is 12.8. The summed E-state index contributed by atoms with van der Waals surface area (Å²) in [5.41, 5.74) is 9.34. The van der Waals surface area contributed by atoms with Crippen molar-refractivity contribution in [1.82, 2.24) is 19.6 Å². The molecule has 5 rings (SSSR count). The molecule has 1 aromatic carbocycles. The van der Waals surface area contributed by atoms with Gasteiger partial charge in [-0.15, -0.1) is 5.10 Å². The molecule has 32 heavy (non-hydrogen) atoms. The molecule has 2 saturated heterocycles.